The molecule has 0 bridgehead atoms. The number of benzene rings is 3. The van der Waals surface area contributed by atoms with Crippen molar-refractivity contribution >= 4 is 0 Å². The van der Waals surface area contributed by atoms with Crippen LogP contribution in [-0.4, -0.2) is 24.9 Å². The Kier molecular flexibility index (Phi) is 6.51. The SMILES string of the molecule is COc1cccc(C2(CO)CCC(NC(c3ccccc3)c3ccccc3)CC2)c1. The van der Waals surface area contributed by atoms with Crippen LogP contribution in [0, 0.1) is 0 Å². The number of aliphatic hydroxyl groups excluding tert-OH is 1. The number of nitrogens with one attached hydrogen (secondary N) is 1. The highest BCUT2D eigenvalue weighted by molar-refractivity contribution is 5.35. The average Bonchev–Trinajstić information content (AvgIpc) is 2.84. The Balaban J connectivity index is 1.51. The summed E-state index contributed by atoms with van der Waals surface area (Å²) < 4.78 is 5.41. The first-order chi connectivity index (χ1) is 14.7. The smallest absolute Gasteiger partial charge is 0.119 e. The summed E-state index contributed by atoms with van der Waals surface area (Å²) in [6, 6.07) is 30.1. The molecule has 0 aliphatic heterocycles. The fraction of sp³-hybridized carbons (Fsp3) is 0.333. The number of hydrogen-bond donors (Lipinski definition) is 2. The Hall–Kier alpha value is -2.62. The number of aliphatic hydroxyl groups is 1. The van der Waals surface area contributed by atoms with Crippen molar-refractivity contribution in [1.82, 2.24) is 5.32 Å². The highest BCUT2D eigenvalue weighted by Gasteiger charge is 2.37. The summed E-state index contributed by atoms with van der Waals surface area (Å²) in [5.74, 6) is 0.855. The molecule has 0 amide bonds. The summed E-state index contributed by atoms with van der Waals surface area (Å²) in [5.41, 5.74) is 3.58. The van der Waals surface area contributed by atoms with Gasteiger partial charge in [-0.2, -0.15) is 0 Å². The lowest BCUT2D eigenvalue weighted by Gasteiger charge is -2.41. The fourth-order valence-corrected chi connectivity index (χ4v) is 4.74. The quantitative estimate of drug-likeness (QED) is 0.568. The van der Waals surface area contributed by atoms with Gasteiger partial charge < -0.3 is 15.2 Å². The number of methoxy groups -OCH3 is 1. The maximum atomic E-state index is 10.3. The van der Waals surface area contributed by atoms with E-state index >= 15 is 0 Å². The van der Waals surface area contributed by atoms with Crippen molar-refractivity contribution in [2.45, 2.75) is 43.2 Å². The lowest BCUT2D eigenvalue weighted by molar-refractivity contribution is 0.136. The molecular formula is C27H31NO2. The van der Waals surface area contributed by atoms with Gasteiger partial charge in [0.1, 0.15) is 5.75 Å². The molecule has 3 nitrogen and oxygen atoms in total. The van der Waals surface area contributed by atoms with E-state index in [9.17, 15) is 5.11 Å². The predicted octanol–water partition coefficient (Wildman–Crippen LogP) is 5.25. The van der Waals surface area contributed by atoms with Crippen molar-refractivity contribution in [2.24, 2.45) is 0 Å². The van der Waals surface area contributed by atoms with E-state index in [2.05, 4.69) is 78.1 Å². The fourth-order valence-electron chi connectivity index (χ4n) is 4.74. The highest BCUT2D eigenvalue weighted by Crippen LogP contribution is 2.41. The van der Waals surface area contributed by atoms with Gasteiger partial charge >= 0.3 is 0 Å². The van der Waals surface area contributed by atoms with Crippen molar-refractivity contribution in [2.75, 3.05) is 13.7 Å². The Morgan fingerprint density at radius 1 is 0.900 bits per heavy atom. The molecule has 30 heavy (non-hydrogen) atoms. The van der Waals surface area contributed by atoms with Gasteiger partial charge in [0, 0.05) is 11.5 Å². The standard InChI is InChI=1S/C27H31NO2/c1-30-25-14-8-13-23(19-25)27(20-29)17-15-24(16-18-27)28-26(21-9-4-2-5-10-21)22-11-6-3-7-12-22/h2-14,19,24,26,28-29H,15-18,20H2,1H3. The van der Waals surface area contributed by atoms with Gasteiger partial charge in [-0.15, -0.1) is 0 Å². The maximum absolute atomic E-state index is 10.3. The third kappa shape index (κ3) is 4.43. The molecule has 2 N–H and O–H groups in total. The zero-order chi connectivity index (χ0) is 20.8. The van der Waals surface area contributed by atoms with E-state index in [1.807, 2.05) is 12.1 Å². The number of ether oxygens (including phenoxy) is 1. The van der Waals surface area contributed by atoms with Crippen LogP contribution in [0.4, 0.5) is 0 Å². The summed E-state index contributed by atoms with van der Waals surface area (Å²) in [5, 5.41) is 14.2. The average molecular weight is 402 g/mol. The van der Waals surface area contributed by atoms with E-state index in [1.54, 1.807) is 7.11 Å². The molecule has 0 aromatic heterocycles. The third-order valence-corrected chi connectivity index (χ3v) is 6.60. The van der Waals surface area contributed by atoms with Crippen molar-refractivity contribution < 1.29 is 9.84 Å². The molecule has 3 heteroatoms. The molecule has 0 atom stereocenters. The lowest BCUT2D eigenvalue weighted by Crippen LogP contribution is -2.43. The van der Waals surface area contributed by atoms with Gasteiger partial charge in [0.2, 0.25) is 0 Å². The minimum Gasteiger partial charge on any atom is -0.497 e. The van der Waals surface area contributed by atoms with E-state index in [1.165, 1.54) is 16.7 Å². The molecule has 1 aliphatic carbocycles. The van der Waals surface area contributed by atoms with Crippen LogP contribution in [0.5, 0.6) is 5.75 Å². The minimum absolute atomic E-state index is 0.174. The van der Waals surface area contributed by atoms with Crippen molar-refractivity contribution in [3.8, 4) is 5.75 Å². The first-order valence-corrected chi connectivity index (χ1v) is 10.9. The van der Waals surface area contributed by atoms with Crippen LogP contribution in [0.3, 0.4) is 0 Å². The second-order valence-corrected chi connectivity index (χ2v) is 8.37. The van der Waals surface area contributed by atoms with Gasteiger partial charge in [-0.1, -0.05) is 72.8 Å². The molecule has 0 saturated heterocycles. The minimum atomic E-state index is -0.179. The zero-order valence-electron chi connectivity index (χ0n) is 17.6. The van der Waals surface area contributed by atoms with Crippen LogP contribution < -0.4 is 10.1 Å². The zero-order valence-corrected chi connectivity index (χ0v) is 17.6. The normalized spacial score (nSPS) is 21.5. The van der Waals surface area contributed by atoms with E-state index < -0.39 is 0 Å². The number of hydrogen-bond acceptors (Lipinski definition) is 3. The monoisotopic (exact) mass is 401 g/mol. The molecule has 4 rings (SSSR count). The molecular weight excluding hydrogens is 370 g/mol. The molecule has 1 aliphatic rings. The summed E-state index contributed by atoms with van der Waals surface area (Å²) >= 11 is 0. The van der Waals surface area contributed by atoms with E-state index in [0.29, 0.717) is 6.04 Å². The highest BCUT2D eigenvalue weighted by atomic mass is 16.5. The third-order valence-electron chi connectivity index (χ3n) is 6.60. The molecule has 0 heterocycles. The molecule has 0 radical (unpaired) electrons. The molecule has 0 unspecified atom stereocenters. The second-order valence-electron chi connectivity index (χ2n) is 8.37. The van der Waals surface area contributed by atoms with Gasteiger partial charge in [-0.05, 0) is 54.5 Å². The molecule has 1 saturated carbocycles. The first-order valence-electron chi connectivity index (χ1n) is 10.9. The summed E-state index contributed by atoms with van der Waals surface area (Å²) in [6.07, 6.45) is 4.00. The Morgan fingerprint density at radius 3 is 2.03 bits per heavy atom. The predicted molar refractivity (Wildman–Crippen MR) is 122 cm³/mol. The van der Waals surface area contributed by atoms with Crippen LogP contribution in [0.25, 0.3) is 0 Å². The van der Waals surface area contributed by atoms with Crippen LogP contribution in [0.1, 0.15) is 48.4 Å². The summed E-state index contributed by atoms with van der Waals surface area (Å²) in [4.78, 5) is 0. The van der Waals surface area contributed by atoms with E-state index in [4.69, 9.17) is 4.74 Å². The Labute approximate surface area is 179 Å². The summed E-state index contributed by atoms with van der Waals surface area (Å²) in [6.45, 7) is 0.174. The van der Waals surface area contributed by atoms with Crippen molar-refractivity contribution in [3.05, 3.63) is 102 Å². The first kappa shape index (κ1) is 20.6. The lowest BCUT2D eigenvalue weighted by atomic mass is 9.68. The van der Waals surface area contributed by atoms with Crippen molar-refractivity contribution in [1.29, 1.82) is 0 Å². The van der Waals surface area contributed by atoms with E-state index in [-0.39, 0.29) is 18.1 Å². The summed E-state index contributed by atoms with van der Waals surface area (Å²) in [7, 11) is 1.69. The Bertz CT molecular complexity index is 878. The van der Waals surface area contributed by atoms with Crippen LogP contribution in [-0.2, 0) is 5.41 Å². The van der Waals surface area contributed by atoms with Crippen LogP contribution >= 0.6 is 0 Å². The van der Waals surface area contributed by atoms with Gasteiger partial charge in [0.25, 0.3) is 0 Å². The van der Waals surface area contributed by atoms with Gasteiger partial charge in [0.05, 0.1) is 19.8 Å². The van der Waals surface area contributed by atoms with Gasteiger partial charge in [-0.25, -0.2) is 0 Å². The topological polar surface area (TPSA) is 41.5 Å². The molecule has 1 fully saturated rings. The van der Waals surface area contributed by atoms with Crippen molar-refractivity contribution in [3.63, 3.8) is 0 Å². The molecule has 156 valence electrons. The van der Waals surface area contributed by atoms with Gasteiger partial charge in [-0.3, -0.25) is 0 Å². The van der Waals surface area contributed by atoms with E-state index in [0.717, 1.165) is 31.4 Å². The molecule has 3 aromatic rings. The molecule has 3 aromatic carbocycles. The number of rotatable bonds is 7. The largest absolute Gasteiger partial charge is 0.497 e. The van der Waals surface area contributed by atoms with Crippen LogP contribution in [0.2, 0.25) is 0 Å². The molecule has 0 spiro atoms. The maximum Gasteiger partial charge on any atom is 0.119 e. The second kappa shape index (κ2) is 9.46. The van der Waals surface area contributed by atoms with Gasteiger partial charge in [0.15, 0.2) is 0 Å². The van der Waals surface area contributed by atoms with Crippen LogP contribution in [0.15, 0.2) is 84.9 Å². The Morgan fingerprint density at radius 2 is 1.50 bits per heavy atom.